The Labute approximate surface area is 131 Å². The number of nitrogens with one attached hydrogen (secondary N) is 2. The summed E-state index contributed by atoms with van der Waals surface area (Å²) in [5.74, 6) is -1.38. The molecule has 0 saturated carbocycles. The fourth-order valence-electron chi connectivity index (χ4n) is 2.38. The molecule has 1 aromatic carbocycles. The summed E-state index contributed by atoms with van der Waals surface area (Å²) >= 11 is 0. The van der Waals surface area contributed by atoms with E-state index in [0.717, 1.165) is 25.2 Å². The van der Waals surface area contributed by atoms with Crippen LogP contribution in [0.2, 0.25) is 0 Å². The number of halogens is 5. The predicted octanol–water partition coefficient (Wildman–Crippen LogP) is 2.88. The van der Waals surface area contributed by atoms with Crippen LogP contribution < -0.4 is 10.6 Å². The van der Waals surface area contributed by atoms with Gasteiger partial charge in [-0.3, -0.25) is 4.79 Å². The van der Waals surface area contributed by atoms with Crippen LogP contribution in [0.25, 0.3) is 0 Å². The van der Waals surface area contributed by atoms with Gasteiger partial charge in [-0.15, -0.1) is 12.4 Å². The Hall–Kier alpha value is -1.34. The van der Waals surface area contributed by atoms with Gasteiger partial charge >= 0.3 is 6.18 Å². The van der Waals surface area contributed by atoms with Gasteiger partial charge in [-0.05, 0) is 43.6 Å². The number of alkyl halides is 3. The lowest BCUT2D eigenvalue weighted by atomic mass is 9.97. The fourth-order valence-corrected chi connectivity index (χ4v) is 2.38. The van der Waals surface area contributed by atoms with Gasteiger partial charge in [0.15, 0.2) is 0 Å². The van der Waals surface area contributed by atoms with Crippen LogP contribution in [0, 0.1) is 11.7 Å². The molecule has 1 amide bonds. The van der Waals surface area contributed by atoms with E-state index in [2.05, 4.69) is 10.6 Å². The molecule has 0 spiro atoms. The first-order valence-corrected chi connectivity index (χ1v) is 6.72. The van der Waals surface area contributed by atoms with Gasteiger partial charge in [-0.2, -0.15) is 13.2 Å². The molecule has 0 atom stereocenters. The average molecular weight is 341 g/mol. The number of carbonyl (C=O) groups is 1. The number of benzene rings is 1. The van der Waals surface area contributed by atoms with Crippen molar-refractivity contribution in [2.45, 2.75) is 25.6 Å². The van der Waals surface area contributed by atoms with Crippen molar-refractivity contribution in [2.24, 2.45) is 5.92 Å². The summed E-state index contributed by atoms with van der Waals surface area (Å²) in [7, 11) is 0. The van der Waals surface area contributed by atoms with E-state index in [-0.39, 0.29) is 36.3 Å². The molecule has 1 aliphatic heterocycles. The molecule has 1 fully saturated rings. The molecular weight excluding hydrogens is 324 g/mol. The van der Waals surface area contributed by atoms with Crippen LogP contribution >= 0.6 is 12.4 Å². The smallest absolute Gasteiger partial charge is 0.352 e. The summed E-state index contributed by atoms with van der Waals surface area (Å²) in [6.07, 6.45) is -3.31. The molecule has 2 rings (SSSR count). The Balaban J connectivity index is 0.00000242. The van der Waals surface area contributed by atoms with E-state index in [4.69, 9.17) is 0 Å². The normalized spacial score (nSPS) is 16.0. The van der Waals surface area contributed by atoms with Crippen molar-refractivity contribution >= 4 is 18.3 Å². The largest absolute Gasteiger partial charge is 0.416 e. The third-order valence-electron chi connectivity index (χ3n) is 3.54. The first kappa shape index (κ1) is 18.7. The maximum atomic E-state index is 13.0. The second-order valence-electron chi connectivity index (χ2n) is 5.04. The minimum Gasteiger partial charge on any atom is -0.352 e. The van der Waals surface area contributed by atoms with Crippen molar-refractivity contribution < 1.29 is 22.4 Å². The molecule has 124 valence electrons. The Morgan fingerprint density at radius 2 is 1.91 bits per heavy atom. The lowest BCUT2D eigenvalue weighted by Crippen LogP contribution is -2.38. The molecular formula is C14H17ClF4N2O. The van der Waals surface area contributed by atoms with Gasteiger partial charge in [-0.25, -0.2) is 4.39 Å². The highest BCUT2D eigenvalue weighted by molar-refractivity contribution is 5.85. The molecule has 22 heavy (non-hydrogen) atoms. The molecule has 1 saturated heterocycles. The second kappa shape index (κ2) is 7.78. The highest BCUT2D eigenvalue weighted by Crippen LogP contribution is 2.32. The van der Waals surface area contributed by atoms with E-state index in [0.29, 0.717) is 18.9 Å². The molecule has 0 aromatic heterocycles. The average Bonchev–Trinajstić information content (AvgIpc) is 2.45. The molecule has 3 nitrogen and oxygen atoms in total. The summed E-state index contributed by atoms with van der Waals surface area (Å²) in [5, 5.41) is 5.62. The van der Waals surface area contributed by atoms with Gasteiger partial charge in [0.1, 0.15) is 5.82 Å². The van der Waals surface area contributed by atoms with Crippen molar-refractivity contribution in [3.63, 3.8) is 0 Å². The molecule has 8 heteroatoms. The van der Waals surface area contributed by atoms with E-state index in [1.165, 1.54) is 0 Å². The summed E-state index contributed by atoms with van der Waals surface area (Å²) in [5.41, 5.74) is -1.18. The van der Waals surface area contributed by atoms with Crippen LogP contribution in [0.1, 0.15) is 24.0 Å². The molecule has 1 aliphatic rings. The molecule has 1 aromatic rings. The molecule has 1 heterocycles. The van der Waals surface area contributed by atoms with Gasteiger partial charge in [0.25, 0.3) is 0 Å². The molecule has 0 unspecified atom stereocenters. The SMILES string of the molecule is Cl.O=C(NCc1ccc(F)cc1C(F)(F)F)C1CCNCC1. The number of amides is 1. The Kier molecular flexibility index (Phi) is 6.62. The van der Waals surface area contributed by atoms with Crippen molar-refractivity contribution in [1.29, 1.82) is 0 Å². The van der Waals surface area contributed by atoms with Crippen molar-refractivity contribution in [1.82, 2.24) is 10.6 Å². The van der Waals surface area contributed by atoms with Crippen LogP contribution in [0.15, 0.2) is 18.2 Å². The van der Waals surface area contributed by atoms with E-state index < -0.39 is 17.6 Å². The van der Waals surface area contributed by atoms with Gasteiger partial charge < -0.3 is 10.6 Å². The maximum Gasteiger partial charge on any atom is 0.416 e. The van der Waals surface area contributed by atoms with E-state index in [1.807, 2.05) is 0 Å². The minimum atomic E-state index is -4.64. The van der Waals surface area contributed by atoms with Gasteiger partial charge in [-0.1, -0.05) is 6.07 Å². The van der Waals surface area contributed by atoms with Crippen LogP contribution in [0.4, 0.5) is 17.6 Å². The van der Waals surface area contributed by atoms with Crippen molar-refractivity contribution in [3.05, 3.63) is 35.1 Å². The first-order valence-electron chi connectivity index (χ1n) is 6.72. The van der Waals surface area contributed by atoms with Gasteiger partial charge in [0.05, 0.1) is 5.56 Å². The molecule has 2 N–H and O–H groups in total. The summed E-state index contributed by atoms with van der Waals surface area (Å²) in [6, 6.07) is 2.47. The van der Waals surface area contributed by atoms with Crippen LogP contribution in [-0.2, 0) is 17.5 Å². The zero-order valence-electron chi connectivity index (χ0n) is 11.7. The van der Waals surface area contributed by atoms with E-state index in [9.17, 15) is 22.4 Å². The fraction of sp³-hybridized carbons (Fsp3) is 0.500. The maximum absolute atomic E-state index is 13.0. The molecule has 0 aliphatic carbocycles. The Morgan fingerprint density at radius 1 is 1.27 bits per heavy atom. The third kappa shape index (κ3) is 4.84. The predicted molar refractivity (Wildman–Crippen MR) is 76.1 cm³/mol. The Morgan fingerprint density at radius 3 is 2.50 bits per heavy atom. The monoisotopic (exact) mass is 340 g/mol. The lowest BCUT2D eigenvalue weighted by Gasteiger charge is -2.22. The number of hydrogen-bond donors (Lipinski definition) is 2. The zero-order valence-corrected chi connectivity index (χ0v) is 12.5. The summed E-state index contributed by atoms with van der Waals surface area (Å²) in [6.45, 7) is 1.20. The summed E-state index contributed by atoms with van der Waals surface area (Å²) < 4.78 is 51.4. The Bertz CT molecular complexity index is 516. The quantitative estimate of drug-likeness (QED) is 0.831. The van der Waals surface area contributed by atoms with E-state index >= 15 is 0 Å². The minimum absolute atomic E-state index is 0. The van der Waals surface area contributed by atoms with Gasteiger partial charge in [0, 0.05) is 12.5 Å². The first-order chi connectivity index (χ1) is 9.88. The molecule has 0 radical (unpaired) electrons. The highest BCUT2D eigenvalue weighted by Gasteiger charge is 2.34. The highest BCUT2D eigenvalue weighted by atomic mass is 35.5. The second-order valence-corrected chi connectivity index (χ2v) is 5.04. The lowest BCUT2D eigenvalue weighted by molar-refractivity contribution is -0.138. The number of piperidine rings is 1. The van der Waals surface area contributed by atoms with Crippen molar-refractivity contribution in [3.8, 4) is 0 Å². The number of carbonyl (C=O) groups excluding carboxylic acids is 1. The van der Waals surface area contributed by atoms with Crippen LogP contribution in [-0.4, -0.2) is 19.0 Å². The zero-order chi connectivity index (χ0) is 15.5. The number of rotatable bonds is 3. The van der Waals surface area contributed by atoms with Gasteiger partial charge in [0.2, 0.25) is 5.91 Å². The topological polar surface area (TPSA) is 41.1 Å². The third-order valence-corrected chi connectivity index (χ3v) is 3.54. The van der Waals surface area contributed by atoms with Crippen LogP contribution in [0.5, 0.6) is 0 Å². The van der Waals surface area contributed by atoms with Crippen LogP contribution in [0.3, 0.4) is 0 Å². The number of hydrogen-bond acceptors (Lipinski definition) is 2. The van der Waals surface area contributed by atoms with E-state index in [1.54, 1.807) is 0 Å². The molecule has 0 bridgehead atoms. The van der Waals surface area contributed by atoms with Crippen molar-refractivity contribution in [2.75, 3.05) is 13.1 Å². The summed E-state index contributed by atoms with van der Waals surface area (Å²) in [4.78, 5) is 11.9. The standard InChI is InChI=1S/C14H16F4N2O.ClH/c15-11-2-1-10(12(7-11)14(16,17)18)8-20-13(21)9-3-5-19-6-4-9;/h1-2,7,9,19H,3-6,8H2,(H,20,21);1H.